The molecule has 17 heavy (non-hydrogen) atoms. The van der Waals surface area contributed by atoms with Gasteiger partial charge in [-0.25, -0.2) is 0 Å². The van der Waals surface area contributed by atoms with Gasteiger partial charge in [-0.1, -0.05) is 12.1 Å². The van der Waals surface area contributed by atoms with Gasteiger partial charge in [-0.05, 0) is 24.1 Å². The Morgan fingerprint density at radius 3 is 2.59 bits per heavy atom. The normalized spacial score (nSPS) is 10.0. The Bertz CT molecular complexity index is 332. The number of methoxy groups -OCH3 is 1. The molecule has 0 radical (unpaired) electrons. The Kier molecular flexibility index (Phi) is 6.10. The highest BCUT2D eigenvalue weighted by atomic mass is 16.5. The zero-order valence-corrected chi connectivity index (χ0v) is 10.0. The predicted molar refractivity (Wildman–Crippen MR) is 64.0 cm³/mol. The van der Waals surface area contributed by atoms with E-state index < -0.39 is 0 Å². The molecule has 4 heteroatoms. The Balaban J connectivity index is 2.36. The van der Waals surface area contributed by atoms with Crippen molar-refractivity contribution in [1.82, 2.24) is 0 Å². The second-order valence-corrected chi connectivity index (χ2v) is 3.65. The minimum Gasteiger partial charge on any atom is -0.494 e. The number of hydrogen-bond acceptors (Lipinski definition) is 4. The predicted octanol–water partition coefficient (Wildman–Crippen LogP) is 1.55. The van der Waals surface area contributed by atoms with Crippen molar-refractivity contribution in [2.75, 3.05) is 20.3 Å². The van der Waals surface area contributed by atoms with E-state index in [1.165, 1.54) is 7.11 Å². The highest BCUT2D eigenvalue weighted by Gasteiger charge is 2.01. The van der Waals surface area contributed by atoms with Crippen LogP contribution in [0.3, 0.4) is 0 Å². The fourth-order valence-corrected chi connectivity index (χ4v) is 1.36. The number of esters is 1. The fraction of sp³-hybridized carbons (Fsp3) is 0.462. The summed E-state index contributed by atoms with van der Waals surface area (Å²) < 4.78 is 9.97. The summed E-state index contributed by atoms with van der Waals surface area (Å²) >= 11 is 0. The van der Waals surface area contributed by atoms with E-state index in [9.17, 15) is 4.79 Å². The van der Waals surface area contributed by atoms with Crippen LogP contribution in [0.2, 0.25) is 0 Å². The van der Waals surface area contributed by atoms with E-state index >= 15 is 0 Å². The number of rotatable bonds is 7. The molecule has 0 atom stereocenters. The molecule has 0 saturated carbocycles. The number of carbonyl (C=O) groups is 1. The smallest absolute Gasteiger partial charge is 0.305 e. The third-order valence-electron chi connectivity index (χ3n) is 2.34. The van der Waals surface area contributed by atoms with Crippen LogP contribution in [0.15, 0.2) is 24.3 Å². The van der Waals surface area contributed by atoms with Gasteiger partial charge in [-0.15, -0.1) is 0 Å². The summed E-state index contributed by atoms with van der Waals surface area (Å²) in [5, 5.41) is 8.61. The van der Waals surface area contributed by atoms with Crippen LogP contribution in [-0.4, -0.2) is 31.4 Å². The number of aryl methyl sites for hydroxylation is 1. The Hall–Kier alpha value is -1.55. The quantitative estimate of drug-likeness (QED) is 0.578. The van der Waals surface area contributed by atoms with Gasteiger partial charge in [0.1, 0.15) is 5.75 Å². The molecule has 0 aliphatic carbocycles. The molecule has 0 heterocycles. The summed E-state index contributed by atoms with van der Waals surface area (Å²) in [4.78, 5) is 11.0. The Morgan fingerprint density at radius 1 is 1.29 bits per heavy atom. The maximum Gasteiger partial charge on any atom is 0.305 e. The molecular weight excluding hydrogens is 220 g/mol. The number of carbonyl (C=O) groups excluding carboxylic acids is 1. The highest BCUT2D eigenvalue weighted by Crippen LogP contribution is 2.13. The summed E-state index contributed by atoms with van der Waals surface area (Å²) in [6, 6.07) is 7.59. The number of ether oxygens (including phenoxy) is 2. The van der Waals surface area contributed by atoms with Crippen molar-refractivity contribution in [3.05, 3.63) is 29.8 Å². The van der Waals surface area contributed by atoms with E-state index in [0.717, 1.165) is 11.3 Å². The van der Waals surface area contributed by atoms with E-state index in [1.54, 1.807) is 0 Å². The highest BCUT2D eigenvalue weighted by molar-refractivity contribution is 5.69. The van der Waals surface area contributed by atoms with Gasteiger partial charge in [-0.3, -0.25) is 4.79 Å². The first-order valence-electron chi connectivity index (χ1n) is 5.65. The first-order chi connectivity index (χ1) is 8.26. The van der Waals surface area contributed by atoms with Crippen LogP contribution in [0.5, 0.6) is 5.75 Å². The van der Waals surface area contributed by atoms with E-state index in [-0.39, 0.29) is 12.6 Å². The lowest BCUT2D eigenvalue weighted by Crippen LogP contribution is -2.02. The molecule has 94 valence electrons. The maximum atomic E-state index is 11.0. The van der Waals surface area contributed by atoms with Crippen LogP contribution in [-0.2, 0) is 16.0 Å². The molecule has 0 amide bonds. The molecule has 0 fully saturated rings. The third kappa shape index (κ3) is 5.36. The molecule has 1 aromatic rings. The Morgan fingerprint density at radius 2 is 2.00 bits per heavy atom. The van der Waals surface area contributed by atoms with Gasteiger partial charge in [0.2, 0.25) is 0 Å². The lowest BCUT2D eigenvalue weighted by molar-refractivity contribution is -0.140. The molecule has 0 saturated heterocycles. The average Bonchev–Trinajstić information content (AvgIpc) is 2.37. The van der Waals surface area contributed by atoms with Crippen LogP contribution in [0.4, 0.5) is 0 Å². The summed E-state index contributed by atoms with van der Waals surface area (Å²) in [5.41, 5.74) is 1.07. The van der Waals surface area contributed by atoms with Crippen molar-refractivity contribution in [3.63, 3.8) is 0 Å². The number of hydrogen-bond donors (Lipinski definition) is 1. The van der Waals surface area contributed by atoms with Crippen molar-refractivity contribution >= 4 is 5.97 Å². The van der Waals surface area contributed by atoms with Crippen LogP contribution in [0.25, 0.3) is 0 Å². The van der Waals surface area contributed by atoms with Gasteiger partial charge in [0.05, 0.1) is 13.7 Å². The van der Waals surface area contributed by atoms with E-state index in [0.29, 0.717) is 25.9 Å². The molecule has 4 nitrogen and oxygen atoms in total. The van der Waals surface area contributed by atoms with Crippen LogP contribution < -0.4 is 4.74 Å². The standard InChI is InChI=1S/C13H18O4/c1-16-13(15)8-5-11-3-6-12(7-4-11)17-10-2-9-14/h3-4,6-7,14H,2,5,8-10H2,1H3. The molecule has 0 bridgehead atoms. The van der Waals surface area contributed by atoms with Crippen molar-refractivity contribution in [3.8, 4) is 5.75 Å². The molecule has 1 rings (SSSR count). The van der Waals surface area contributed by atoms with E-state index in [2.05, 4.69) is 4.74 Å². The summed E-state index contributed by atoms with van der Waals surface area (Å²) in [6.45, 7) is 0.648. The van der Waals surface area contributed by atoms with E-state index in [1.807, 2.05) is 24.3 Å². The summed E-state index contributed by atoms with van der Waals surface area (Å²) in [5.74, 6) is 0.577. The lowest BCUT2D eigenvalue weighted by atomic mass is 10.1. The second-order valence-electron chi connectivity index (χ2n) is 3.65. The SMILES string of the molecule is COC(=O)CCc1ccc(OCCCO)cc1. The maximum absolute atomic E-state index is 11.0. The van der Waals surface area contributed by atoms with Gasteiger partial charge in [0.25, 0.3) is 0 Å². The average molecular weight is 238 g/mol. The first kappa shape index (κ1) is 13.5. The zero-order chi connectivity index (χ0) is 12.5. The van der Waals surface area contributed by atoms with Crippen molar-refractivity contribution in [2.45, 2.75) is 19.3 Å². The summed E-state index contributed by atoms with van der Waals surface area (Å²) in [7, 11) is 1.39. The first-order valence-corrected chi connectivity index (χ1v) is 5.65. The molecular formula is C13H18O4. The molecule has 0 aliphatic heterocycles. The van der Waals surface area contributed by atoms with Gasteiger partial charge in [0.15, 0.2) is 0 Å². The number of aliphatic hydroxyl groups is 1. The van der Waals surface area contributed by atoms with Crippen LogP contribution in [0.1, 0.15) is 18.4 Å². The van der Waals surface area contributed by atoms with Crippen molar-refractivity contribution < 1.29 is 19.4 Å². The van der Waals surface area contributed by atoms with Gasteiger partial charge in [0, 0.05) is 19.4 Å². The van der Waals surface area contributed by atoms with Gasteiger partial charge in [-0.2, -0.15) is 0 Å². The fourth-order valence-electron chi connectivity index (χ4n) is 1.36. The lowest BCUT2D eigenvalue weighted by Gasteiger charge is -2.06. The molecule has 0 unspecified atom stereocenters. The van der Waals surface area contributed by atoms with Gasteiger partial charge < -0.3 is 14.6 Å². The molecule has 0 aliphatic rings. The van der Waals surface area contributed by atoms with Crippen molar-refractivity contribution in [2.24, 2.45) is 0 Å². The van der Waals surface area contributed by atoms with Crippen molar-refractivity contribution in [1.29, 1.82) is 0 Å². The molecule has 1 N–H and O–H groups in total. The monoisotopic (exact) mass is 238 g/mol. The van der Waals surface area contributed by atoms with Crippen LogP contribution >= 0.6 is 0 Å². The summed E-state index contributed by atoms with van der Waals surface area (Å²) in [6.07, 6.45) is 1.69. The second kappa shape index (κ2) is 7.68. The number of benzene rings is 1. The number of aliphatic hydroxyl groups excluding tert-OH is 1. The molecule has 0 aromatic heterocycles. The molecule has 0 spiro atoms. The third-order valence-corrected chi connectivity index (χ3v) is 2.34. The zero-order valence-electron chi connectivity index (χ0n) is 10.0. The minimum atomic E-state index is -0.201. The van der Waals surface area contributed by atoms with Gasteiger partial charge >= 0.3 is 5.97 Å². The van der Waals surface area contributed by atoms with E-state index in [4.69, 9.17) is 9.84 Å². The molecule has 1 aromatic carbocycles. The van der Waals surface area contributed by atoms with Crippen LogP contribution in [0, 0.1) is 0 Å². The topological polar surface area (TPSA) is 55.8 Å². The Labute approximate surface area is 101 Å². The minimum absolute atomic E-state index is 0.136. The largest absolute Gasteiger partial charge is 0.494 e.